The smallest absolute Gasteiger partial charge is 0.270 e. The Balaban J connectivity index is 2.24. The van der Waals surface area contributed by atoms with Gasteiger partial charge in [-0.1, -0.05) is 58.4 Å². The van der Waals surface area contributed by atoms with E-state index in [9.17, 15) is 8.78 Å². The summed E-state index contributed by atoms with van der Waals surface area (Å²) in [5, 5.41) is 3.25. The Morgan fingerprint density at radius 1 is 0.969 bits per heavy atom. The minimum absolute atomic E-state index is 0.0855. The second kappa shape index (κ2) is 12.2. The van der Waals surface area contributed by atoms with Gasteiger partial charge in [0, 0.05) is 30.4 Å². The van der Waals surface area contributed by atoms with Crippen molar-refractivity contribution in [1.29, 1.82) is 0 Å². The minimum Gasteiger partial charge on any atom is -0.356 e. The number of alkyl halides is 2. The Bertz CT molecular complexity index is 883. The molecule has 4 heteroatoms. The lowest BCUT2D eigenvalue weighted by molar-refractivity contribution is 0.0159. The zero-order chi connectivity index (χ0) is 23.7. The van der Waals surface area contributed by atoms with Crippen LogP contribution in [0.3, 0.4) is 0 Å². The van der Waals surface area contributed by atoms with Gasteiger partial charge in [0.2, 0.25) is 0 Å². The summed E-state index contributed by atoms with van der Waals surface area (Å²) in [6, 6.07) is 11.6. The van der Waals surface area contributed by atoms with E-state index in [1.807, 2.05) is 18.2 Å². The predicted molar refractivity (Wildman–Crippen MR) is 134 cm³/mol. The van der Waals surface area contributed by atoms with Crippen LogP contribution >= 0.6 is 0 Å². The summed E-state index contributed by atoms with van der Waals surface area (Å²) < 4.78 is 29.1. The van der Waals surface area contributed by atoms with Crippen LogP contribution in [-0.2, 0) is 18.9 Å². The van der Waals surface area contributed by atoms with Crippen molar-refractivity contribution in [3.8, 4) is 0 Å². The number of benzene rings is 2. The number of hydrogen-bond donors (Lipinski definition) is 1. The highest BCUT2D eigenvalue weighted by molar-refractivity contribution is 5.76. The molecule has 2 nitrogen and oxygen atoms in total. The van der Waals surface area contributed by atoms with E-state index in [4.69, 9.17) is 0 Å². The van der Waals surface area contributed by atoms with Gasteiger partial charge in [0.05, 0.1) is 0 Å². The Morgan fingerprint density at radius 2 is 1.69 bits per heavy atom. The van der Waals surface area contributed by atoms with Gasteiger partial charge in [-0.05, 0) is 79.7 Å². The summed E-state index contributed by atoms with van der Waals surface area (Å²) in [7, 11) is 0. The molecule has 176 valence electrons. The molecule has 0 fully saturated rings. The first kappa shape index (κ1) is 26.1. The van der Waals surface area contributed by atoms with Crippen molar-refractivity contribution in [2.45, 2.75) is 79.2 Å². The Morgan fingerprint density at radius 3 is 2.28 bits per heavy atom. The second-order valence-corrected chi connectivity index (χ2v) is 8.88. The third kappa shape index (κ3) is 7.44. The second-order valence-electron chi connectivity index (χ2n) is 8.88. The van der Waals surface area contributed by atoms with Crippen molar-refractivity contribution >= 4 is 11.4 Å². The van der Waals surface area contributed by atoms with Gasteiger partial charge in [0.25, 0.3) is 5.92 Å². The van der Waals surface area contributed by atoms with E-state index < -0.39 is 5.92 Å². The van der Waals surface area contributed by atoms with E-state index in [1.54, 1.807) is 6.07 Å². The molecule has 0 aliphatic rings. The molecule has 0 aliphatic carbocycles. The Labute approximate surface area is 193 Å². The van der Waals surface area contributed by atoms with Crippen LogP contribution in [0.25, 0.3) is 5.70 Å². The summed E-state index contributed by atoms with van der Waals surface area (Å²) in [6.07, 6.45) is 5.34. The normalized spacial score (nSPS) is 11.8. The molecule has 0 heterocycles. The van der Waals surface area contributed by atoms with Gasteiger partial charge in [-0.3, -0.25) is 4.90 Å². The quantitative estimate of drug-likeness (QED) is 0.337. The molecule has 1 N–H and O–H groups in total. The summed E-state index contributed by atoms with van der Waals surface area (Å²) in [5.74, 6) is -2.91. The molecule has 2 aromatic carbocycles. The number of nitrogens with one attached hydrogen (secondary N) is 1. The average molecular weight is 443 g/mol. The van der Waals surface area contributed by atoms with Crippen LogP contribution in [0.4, 0.5) is 14.5 Å². The highest BCUT2D eigenvalue weighted by Crippen LogP contribution is 2.33. The minimum atomic E-state index is -2.91. The van der Waals surface area contributed by atoms with Crippen molar-refractivity contribution in [1.82, 2.24) is 4.90 Å². The maximum absolute atomic E-state index is 14.5. The lowest BCUT2D eigenvalue weighted by Gasteiger charge is -2.25. The van der Waals surface area contributed by atoms with Crippen molar-refractivity contribution in [3.05, 3.63) is 70.8 Å². The molecule has 0 bridgehead atoms. The molecule has 0 aliphatic heterocycles. The topological polar surface area (TPSA) is 15.3 Å². The fraction of sp³-hybridized carbons (Fsp3) is 0.500. The molecule has 0 saturated carbocycles. The molecular weight excluding hydrogens is 402 g/mol. The first-order valence-corrected chi connectivity index (χ1v) is 12.0. The zero-order valence-electron chi connectivity index (χ0n) is 20.5. The molecule has 0 unspecified atom stereocenters. The maximum atomic E-state index is 14.5. The van der Waals surface area contributed by atoms with Crippen molar-refractivity contribution in [2.75, 3.05) is 18.4 Å². The third-order valence-electron chi connectivity index (χ3n) is 5.85. The molecule has 32 heavy (non-hydrogen) atoms. The van der Waals surface area contributed by atoms with E-state index in [1.165, 1.54) is 11.1 Å². The largest absolute Gasteiger partial charge is 0.356 e. The summed E-state index contributed by atoms with van der Waals surface area (Å²) in [4.78, 5) is 2.28. The number of rotatable bonds is 13. The van der Waals surface area contributed by atoms with Crippen molar-refractivity contribution in [3.63, 3.8) is 0 Å². The standard InChI is InChI=1S/C28H40F2N2/c1-7-10-17-32(16-9-3)20-25-14-15-26(19-27(25)28(6,29)30)31-22(5)24-13-12-23(11-8-2)21(4)18-24/h12-15,18-19,31H,5,7-11,16-17,20H2,1-4,6H3. The highest BCUT2D eigenvalue weighted by atomic mass is 19.3. The molecular formula is C28H40F2N2. The van der Waals surface area contributed by atoms with E-state index in [0.717, 1.165) is 57.7 Å². The number of hydrogen-bond acceptors (Lipinski definition) is 2. The molecule has 2 rings (SSSR count). The fourth-order valence-corrected chi connectivity index (χ4v) is 4.09. The molecule has 0 saturated heterocycles. The van der Waals surface area contributed by atoms with Gasteiger partial charge >= 0.3 is 0 Å². The van der Waals surface area contributed by atoms with E-state index in [-0.39, 0.29) is 5.56 Å². The monoisotopic (exact) mass is 442 g/mol. The predicted octanol–water partition coefficient (Wildman–Crippen LogP) is 8.15. The third-order valence-corrected chi connectivity index (χ3v) is 5.85. The number of halogens is 2. The lowest BCUT2D eigenvalue weighted by Crippen LogP contribution is -2.27. The van der Waals surface area contributed by atoms with E-state index in [2.05, 4.69) is 56.6 Å². The average Bonchev–Trinajstić information content (AvgIpc) is 2.74. The van der Waals surface area contributed by atoms with Gasteiger partial charge in [-0.2, -0.15) is 0 Å². The Hall–Kier alpha value is -2.20. The summed E-state index contributed by atoms with van der Waals surface area (Å²) in [5.41, 5.74) is 5.67. The molecule has 2 aromatic rings. The first-order chi connectivity index (χ1) is 15.2. The number of unbranched alkanes of at least 4 members (excludes halogenated alkanes) is 1. The van der Waals surface area contributed by atoms with Crippen LogP contribution in [-0.4, -0.2) is 18.0 Å². The van der Waals surface area contributed by atoms with Crippen LogP contribution in [0, 0.1) is 6.92 Å². The van der Waals surface area contributed by atoms with Gasteiger partial charge in [-0.25, -0.2) is 8.78 Å². The molecule has 0 atom stereocenters. The van der Waals surface area contributed by atoms with Gasteiger partial charge in [-0.15, -0.1) is 0 Å². The van der Waals surface area contributed by atoms with E-state index >= 15 is 0 Å². The van der Waals surface area contributed by atoms with Crippen LogP contribution in [0.15, 0.2) is 43.0 Å². The maximum Gasteiger partial charge on any atom is 0.270 e. The molecule has 0 aromatic heterocycles. The molecule has 0 spiro atoms. The molecule has 0 amide bonds. The number of anilines is 1. The van der Waals surface area contributed by atoms with Crippen LogP contribution in [0.1, 0.15) is 81.2 Å². The summed E-state index contributed by atoms with van der Waals surface area (Å²) in [6.45, 7) is 16.1. The van der Waals surface area contributed by atoms with Gasteiger partial charge in [0.15, 0.2) is 0 Å². The van der Waals surface area contributed by atoms with E-state index in [0.29, 0.717) is 23.5 Å². The number of aryl methyl sites for hydroxylation is 2. The van der Waals surface area contributed by atoms with Gasteiger partial charge in [0.1, 0.15) is 0 Å². The fourth-order valence-electron chi connectivity index (χ4n) is 4.09. The van der Waals surface area contributed by atoms with Crippen molar-refractivity contribution < 1.29 is 8.78 Å². The number of nitrogens with zero attached hydrogens (tertiary/aromatic N) is 1. The SMILES string of the molecule is C=C(Nc1ccc(CN(CCC)CCCC)c(C(C)(F)F)c1)c1ccc(CCC)c(C)c1. The van der Waals surface area contributed by atoms with Crippen LogP contribution in [0.5, 0.6) is 0 Å². The Kier molecular flexibility index (Phi) is 9.89. The van der Waals surface area contributed by atoms with Crippen LogP contribution < -0.4 is 5.32 Å². The zero-order valence-corrected chi connectivity index (χ0v) is 20.5. The first-order valence-electron chi connectivity index (χ1n) is 12.0. The highest BCUT2D eigenvalue weighted by Gasteiger charge is 2.28. The van der Waals surface area contributed by atoms with Crippen LogP contribution in [0.2, 0.25) is 0 Å². The van der Waals surface area contributed by atoms with Gasteiger partial charge < -0.3 is 5.32 Å². The molecule has 0 radical (unpaired) electrons. The van der Waals surface area contributed by atoms with Crippen molar-refractivity contribution in [2.24, 2.45) is 0 Å². The summed E-state index contributed by atoms with van der Waals surface area (Å²) >= 11 is 0. The lowest BCUT2D eigenvalue weighted by atomic mass is 9.99.